The monoisotopic (exact) mass is 313 g/mol. The largest absolute Gasteiger partial charge is 0.452 e. The van der Waals surface area contributed by atoms with Gasteiger partial charge in [0.25, 0.3) is 0 Å². The van der Waals surface area contributed by atoms with Crippen molar-refractivity contribution in [2.75, 3.05) is 5.32 Å². The van der Waals surface area contributed by atoms with Gasteiger partial charge in [0.05, 0.1) is 5.56 Å². The molecule has 0 amide bonds. The van der Waals surface area contributed by atoms with Crippen LogP contribution in [0, 0.1) is 0 Å². The Bertz CT molecular complexity index is 912. The van der Waals surface area contributed by atoms with Gasteiger partial charge in [-0.2, -0.15) is 0 Å². The summed E-state index contributed by atoms with van der Waals surface area (Å²) in [5.41, 5.74) is 3.56. The second-order valence-corrected chi connectivity index (χ2v) is 5.55. The van der Waals surface area contributed by atoms with Crippen LogP contribution in [0.3, 0.4) is 0 Å². The quantitative estimate of drug-likeness (QED) is 0.688. The molecule has 0 aromatic heterocycles. The zero-order valence-electron chi connectivity index (χ0n) is 12.9. The molecule has 0 bridgehead atoms. The van der Waals surface area contributed by atoms with Crippen LogP contribution in [0.15, 0.2) is 84.6 Å². The lowest BCUT2D eigenvalue weighted by molar-refractivity contribution is 0.101. The van der Waals surface area contributed by atoms with Gasteiger partial charge in [0, 0.05) is 11.4 Å². The molecule has 4 rings (SSSR count). The number of para-hydroxylation sites is 2. The maximum Gasteiger partial charge on any atom is 0.231 e. The third kappa shape index (κ3) is 2.79. The Morgan fingerprint density at radius 2 is 1.42 bits per heavy atom. The van der Waals surface area contributed by atoms with Crippen molar-refractivity contribution in [3.05, 3.63) is 95.7 Å². The first-order valence-corrected chi connectivity index (χ1v) is 7.75. The fraction of sp³-hybridized carbons (Fsp3) is 0. The van der Waals surface area contributed by atoms with Crippen molar-refractivity contribution in [1.82, 2.24) is 0 Å². The summed E-state index contributed by atoms with van der Waals surface area (Å²) in [6.07, 6.45) is 1.77. The minimum atomic E-state index is -0.0721. The lowest BCUT2D eigenvalue weighted by Gasteiger charge is -2.06. The molecule has 0 fully saturated rings. The van der Waals surface area contributed by atoms with Crippen molar-refractivity contribution in [2.24, 2.45) is 0 Å². The highest BCUT2D eigenvalue weighted by molar-refractivity contribution is 6.14. The van der Waals surface area contributed by atoms with E-state index >= 15 is 0 Å². The molecule has 0 saturated heterocycles. The first-order valence-electron chi connectivity index (χ1n) is 7.75. The molecular formula is C21H15NO2. The summed E-state index contributed by atoms with van der Waals surface area (Å²) in [5, 5.41) is 3.33. The summed E-state index contributed by atoms with van der Waals surface area (Å²) < 4.78 is 5.64. The van der Waals surface area contributed by atoms with Crippen molar-refractivity contribution in [3.8, 4) is 5.75 Å². The molecule has 0 aliphatic carbocycles. The highest BCUT2D eigenvalue weighted by Gasteiger charge is 2.26. The standard InChI is InChI=1S/C21H15NO2/c23-21-18-8-4-5-9-19(18)24-20(21)14-15-10-12-17(13-11-15)22-16-6-2-1-3-7-16/h1-14,22H/b20-14-. The van der Waals surface area contributed by atoms with Crippen LogP contribution in [0.25, 0.3) is 6.08 Å². The van der Waals surface area contributed by atoms with Crippen LogP contribution in [-0.2, 0) is 0 Å². The Morgan fingerprint density at radius 3 is 2.17 bits per heavy atom. The number of fused-ring (bicyclic) bond motifs is 1. The highest BCUT2D eigenvalue weighted by atomic mass is 16.5. The van der Waals surface area contributed by atoms with E-state index in [1.54, 1.807) is 18.2 Å². The first-order chi connectivity index (χ1) is 11.8. The third-order valence-corrected chi connectivity index (χ3v) is 3.85. The number of Topliss-reactive ketones (excluding diaryl/α,β-unsaturated/α-hetero) is 1. The third-order valence-electron chi connectivity index (χ3n) is 3.85. The predicted octanol–water partition coefficient (Wildman–Crippen LogP) is 5.05. The molecule has 0 saturated carbocycles. The van der Waals surface area contributed by atoms with E-state index in [9.17, 15) is 4.79 Å². The lowest BCUT2D eigenvalue weighted by atomic mass is 10.1. The molecule has 1 N–H and O–H groups in total. The van der Waals surface area contributed by atoms with E-state index in [0.29, 0.717) is 17.1 Å². The molecule has 0 unspecified atom stereocenters. The molecule has 3 nitrogen and oxygen atoms in total. The van der Waals surface area contributed by atoms with Crippen LogP contribution < -0.4 is 10.1 Å². The minimum Gasteiger partial charge on any atom is -0.452 e. The summed E-state index contributed by atoms with van der Waals surface area (Å²) in [6.45, 7) is 0. The number of ketones is 1. The van der Waals surface area contributed by atoms with Crippen molar-refractivity contribution in [3.63, 3.8) is 0 Å². The van der Waals surface area contributed by atoms with Crippen molar-refractivity contribution in [2.45, 2.75) is 0 Å². The Balaban J connectivity index is 1.53. The van der Waals surface area contributed by atoms with Gasteiger partial charge in [-0.15, -0.1) is 0 Å². The maximum atomic E-state index is 12.3. The molecule has 116 valence electrons. The second-order valence-electron chi connectivity index (χ2n) is 5.55. The van der Waals surface area contributed by atoms with E-state index in [0.717, 1.165) is 16.9 Å². The number of carbonyl (C=O) groups is 1. The van der Waals surface area contributed by atoms with E-state index in [4.69, 9.17) is 4.74 Å². The van der Waals surface area contributed by atoms with Crippen LogP contribution in [0.1, 0.15) is 15.9 Å². The number of benzene rings is 3. The Kier molecular flexibility index (Phi) is 3.60. The molecular weight excluding hydrogens is 298 g/mol. The second kappa shape index (κ2) is 6.05. The molecule has 0 atom stereocenters. The number of anilines is 2. The summed E-state index contributed by atoms with van der Waals surface area (Å²) in [7, 11) is 0. The van der Waals surface area contributed by atoms with Gasteiger partial charge in [-0.1, -0.05) is 42.5 Å². The summed E-state index contributed by atoms with van der Waals surface area (Å²) in [5.74, 6) is 0.910. The van der Waals surface area contributed by atoms with Gasteiger partial charge in [-0.25, -0.2) is 0 Å². The number of hydrogen-bond acceptors (Lipinski definition) is 3. The predicted molar refractivity (Wildman–Crippen MR) is 95.5 cm³/mol. The fourth-order valence-corrected chi connectivity index (χ4v) is 2.64. The zero-order chi connectivity index (χ0) is 16.4. The van der Waals surface area contributed by atoms with Crippen LogP contribution in [0.4, 0.5) is 11.4 Å². The van der Waals surface area contributed by atoms with E-state index in [1.165, 1.54) is 0 Å². The van der Waals surface area contributed by atoms with Crippen molar-refractivity contribution < 1.29 is 9.53 Å². The van der Waals surface area contributed by atoms with Crippen LogP contribution in [0.2, 0.25) is 0 Å². The Morgan fingerprint density at radius 1 is 0.750 bits per heavy atom. The highest BCUT2D eigenvalue weighted by Crippen LogP contribution is 2.31. The van der Waals surface area contributed by atoms with Gasteiger partial charge < -0.3 is 10.1 Å². The van der Waals surface area contributed by atoms with Crippen LogP contribution >= 0.6 is 0 Å². The van der Waals surface area contributed by atoms with Gasteiger partial charge in [-0.05, 0) is 48.0 Å². The number of rotatable bonds is 3. The summed E-state index contributed by atoms with van der Waals surface area (Å²) >= 11 is 0. The fourth-order valence-electron chi connectivity index (χ4n) is 2.64. The average molecular weight is 313 g/mol. The van der Waals surface area contributed by atoms with E-state index in [2.05, 4.69) is 5.32 Å². The smallest absolute Gasteiger partial charge is 0.231 e. The minimum absolute atomic E-state index is 0.0721. The molecule has 3 aromatic rings. The first kappa shape index (κ1) is 14.3. The topological polar surface area (TPSA) is 38.3 Å². The number of hydrogen-bond donors (Lipinski definition) is 1. The Labute approximate surface area is 140 Å². The SMILES string of the molecule is O=C1/C(=C/c2ccc(Nc3ccccc3)cc2)Oc2ccccc21. The summed E-state index contributed by atoms with van der Waals surface area (Å²) in [6, 6.07) is 25.1. The van der Waals surface area contributed by atoms with E-state index in [-0.39, 0.29) is 5.78 Å². The molecule has 1 aliphatic rings. The summed E-state index contributed by atoms with van der Waals surface area (Å²) in [4.78, 5) is 12.3. The van der Waals surface area contributed by atoms with Crippen LogP contribution in [-0.4, -0.2) is 5.78 Å². The number of ether oxygens (including phenoxy) is 1. The van der Waals surface area contributed by atoms with E-state index in [1.807, 2.05) is 66.7 Å². The molecule has 1 heterocycles. The van der Waals surface area contributed by atoms with Gasteiger partial charge in [-0.3, -0.25) is 4.79 Å². The normalized spacial score (nSPS) is 14.3. The molecule has 3 heteroatoms. The van der Waals surface area contributed by atoms with Crippen molar-refractivity contribution >= 4 is 23.2 Å². The maximum absolute atomic E-state index is 12.3. The van der Waals surface area contributed by atoms with Crippen LogP contribution in [0.5, 0.6) is 5.75 Å². The van der Waals surface area contributed by atoms with E-state index < -0.39 is 0 Å². The molecule has 1 aliphatic heterocycles. The molecule has 0 radical (unpaired) electrons. The van der Waals surface area contributed by atoms with Gasteiger partial charge in [0.2, 0.25) is 5.78 Å². The molecule has 24 heavy (non-hydrogen) atoms. The van der Waals surface area contributed by atoms with Gasteiger partial charge >= 0.3 is 0 Å². The average Bonchev–Trinajstić information content (AvgIpc) is 2.94. The molecule has 3 aromatic carbocycles. The lowest BCUT2D eigenvalue weighted by Crippen LogP contribution is -1.98. The Hall–Kier alpha value is -3.33. The number of allylic oxidation sites excluding steroid dienone is 1. The van der Waals surface area contributed by atoms with Crippen molar-refractivity contribution in [1.29, 1.82) is 0 Å². The number of carbonyl (C=O) groups excluding carboxylic acids is 1. The van der Waals surface area contributed by atoms with Gasteiger partial charge in [0.15, 0.2) is 5.76 Å². The van der Waals surface area contributed by atoms with Gasteiger partial charge in [0.1, 0.15) is 5.75 Å². The molecule has 0 spiro atoms. The number of nitrogens with one attached hydrogen (secondary N) is 1. The zero-order valence-corrected chi connectivity index (χ0v) is 12.9.